The van der Waals surface area contributed by atoms with Crippen LogP contribution in [0.1, 0.15) is 48.7 Å². The molecule has 1 atom stereocenters. The highest BCUT2D eigenvalue weighted by atomic mass is 19.1. The number of hydrogen-bond donors (Lipinski definition) is 2. The third-order valence-electron chi connectivity index (χ3n) is 8.19. The summed E-state index contributed by atoms with van der Waals surface area (Å²) in [7, 11) is 0. The van der Waals surface area contributed by atoms with E-state index in [2.05, 4.69) is 15.6 Å². The molecule has 8 nitrogen and oxygen atoms in total. The molecule has 1 fully saturated rings. The molecular weight excluding hydrogens is 521 g/mol. The van der Waals surface area contributed by atoms with Crippen molar-refractivity contribution < 1.29 is 19.1 Å². The van der Waals surface area contributed by atoms with E-state index in [0.717, 1.165) is 40.6 Å². The van der Waals surface area contributed by atoms with Gasteiger partial charge in [-0.2, -0.15) is 0 Å². The summed E-state index contributed by atoms with van der Waals surface area (Å²) < 4.78 is 15.3. The standard InChI is InChI=1S/C32H30FN5O3/c1-19(20-6-8-23(9-7-20)32(40)41)34-31(39)27-16-24(21-10-13-25(33)14-11-21)17-29-30(27)38(37-36-29)18-26-15-12-22-4-2-3-5-28(22)35-26/h2-5,10-17,19-20,23H,6-9,18H2,1H3,(H,34,39)(H,40,41)/t19-,20?,23?/m0/s1. The minimum Gasteiger partial charge on any atom is -0.481 e. The van der Waals surface area contributed by atoms with Gasteiger partial charge in [-0.25, -0.2) is 9.07 Å². The Balaban J connectivity index is 1.34. The fourth-order valence-corrected chi connectivity index (χ4v) is 5.82. The highest BCUT2D eigenvalue weighted by molar-refractivity contribution is 6.06. The van der Waals surface area contributed by atoms with E-state index in [0.29, 0.717) is 36.0 Å². The van der Waals surface area contributed by atoms with Gasteiger partial charge in [0.2, 0.25) is 0 Å². The van der Waals surface area contributed by atoms with Gasteiger partial charge in [0.15, 0.2) is 0 Å². The highest BCUT2D eigenvalue weighted by Gasteiger charge is 2.30. The van der Waals surface area contributed by atoms with E-state index in [1.165, 1.54) is 12.1 Å². The molecule has 0 saturated heterocycles. The molecule has 1 saturated carbocycles. The van der Waals surface area contributed by atoms with E-state index in [-0.39, 0.29) is 29.6 Å². The number of nitrogens with one attached hydrogen (secondary N) is 1. The van der Waals surface area contributed by atoms with Crippen molar-refractivity contribution in [2.24, 2.45) is 11.8 Å². The second-order valence-corrected chi connectivity index (χ2v) is 10.9. The smallest absolute Gasteiger partial charge is 0.306 e. The van der Waals surface area contributed by atoms with Crippen molar-refractivity contribution in [1.29, 1.82) is 0 Å². The van der Waals surface area contributed by atoms with E-state index in [1.807, 2.05) is 49.4 Å². The molecule has 1 amide bonds. The van der Waals surface area contributed by atoms with Crippen molar-refractivity contribution in [1.82, 2.24) is 25.3 Å². The zero-order valence-electron chi connectivity index (χ0n) is 22.6. The second kappa shape index (κ2) is 11.1. The van der Waals surface area contributed by atoms with Crippen molar-refractivity contribution in [3.8, 4) is 11.1 Å². The first-order valence-electron chi connectivity index (χ1n) is 13.9. The zero-order valence-corrected chi connectivity index (χ0v) is 22.6. The number of rotatable bonds is 7. The molecule has 0 spiro atoms. The van der Waals surface area contributed by atoms with E-state index in [4.69, 9.17) is 4.98 Å². The number of amides is 1. The molecule has 2 heterocycles. The van der Waals surface area contributed by atoms with Crippen LogP contribution in [0.4, 0.5) is 4.39 Å². The fourth-order valence-electron chi connectivity index (χ4n) is 5.82. The molecule has 1 aliphatic carbocycles. The summed E-state index contributed by atoms with van der Waals surface area (Å²) in [6.07, 6.45) is 2.72. The second-order valence-electron chi connectivity index (χ2n) is 10.9. The Hall–Kier alpha value is -4.66. The lowest BCUT2D eigenvalue weighted by molar-refractivity contribution is -0.143. The van der Waals surface area contributed by atoms with E-state index in [1.54, 1.807) is 22.9 Å². The molecule has 2 aromatic heterocycles. The van der Waals surface area contributed by atoms with Crippen LogP contribution >= 0.6 is 0 Å². The van der Waals surface area contributed by atoms with Crippen LogP contribution in [0.15, 0.2) is 72.8 Å². The summed E-state index contributed by atoms with van der Waals surface area (Å²) in [5.74, 6) is -1.47. The topological polar surface area (TPSA) is 110 Å². The molecule has 208 valence electrons. The molecule has 6 rings (SSSR count). The maximum Gasteiger partial charge on any atom is 0.306 e. The summed E-state index contributed by atoms with van der Waals surface area (Å²) in [5.41, 5.74) is 4.70. The first-order chi connectivity index (χ1) is 19.9. The number of benzene rings is 3. The molecular formula is C32H30FN5O3. The Kier molecular flexibility index (Phi) is 7.17. The van der Waals surface area contributed by atoms with E-state index >= 15 is 0 Å². The Morgan fingerprint density at radius 1 is 0.976 bits per heavy atom. The lowest BCUT2D eigenvalue weighted by atomic mass is 9.79. The van der Waals surface area contributed by atoms with Gasteiger partial charge >= 0.3 is 5.97 Å². The predicted molar refractivity (Wildman–Crippen MR) is 154 cm³/mol. The number of halogens is 1. The van der Waals surface area contributed by atoms with Gasteiger partial charge in [0.1, 0.15) is 16.9 Å². The van der Waals surface area contributed by atoms with E-state index in [9.17, 15) is 19.1 Å². The van der Waals surface area contributed by atoms with Gasteiger partial charge in [-0.15, -0.1) is 5.10 Å². The van der Waals surface area contributed by atoms with E-state index < -0.39 is 5.97 Å². The average Bonchev–Trinajstić information content (AvgIpc) is 3.39. The summed E-state index contributed by atoms with van der Waals surface area (Å²) in [4.78, 5) is 30.0. The maximum absolute atomic E-state index is 13.8. The predicted octanol–water partition coefficient (Wildman–Crippen LogP) is 5.84. The minimum atomic E-state index is -0.748. The van der Waals surface area contributed by atoms with Gasteiger partial charge < -0.3 is 10.4 Å². The van der Waals surface area contributed by atoms with Gasteiger partial charge in [-0.3, -0.25) is 14.6 Å². The maximum atomic E-state index is 13.8. The quantitative estimate of drug-likeness (QED) is 0.263. The Morgan fingerprint density at radius 2 is 1.73 bits per heavy atom. The Labute approximate surface area is 236 Å². The molecule has 9 heteroatoms. The number of carboxylic acids is 1. The molecule has 1 aliphatic rings. The minimum absolute atomic E-state index is 0.145. The van der Waals surface area contributed by atoms with Crippen LogP contribution in [-0.4, -0.2) is 43.0 Å². The molecule has 5 aromatic rings. The van der Waals surface area contributed by atoms with Crippen LogP contribution < -0.4 is 5.32 Å². The van der Waals surface area contributed by atoms with Crippen LogP contribution in [0.3, 0.4) is 0 Å². The lowest BCUT2D eigenvalue weighted by Crippen LogP contribution is -2.40. The summed E-state index contributed by atoms with van der Waals surface area (Å²) >= 11 is 0. The number of pyridine rings is 1. The number of para-hydroxylation sites is 1. The average molecular weight is 552 g/mol. The molecule has 2 N–H and O–H groups in total. The van der Waals surface area contributed by atoms with Crippen LogP contribution in [0.2, 0.25) is 0 Å². The first-order valence-corrected chi connectivity index (χ1v) is 13.9. The number of aromatic nitrogens is 4. The zero-order chi connectivity index (χ0) is 28.5. The number of carboxylic acid groups (broad SMARTS) is 1. The largest absolute Gasteiger partial charge is 0.481 e. The van der Waals surface area contributed by atoms with Crippen molar-refractivity contribution >= 4 is 33.8 Å². The number of nitrogens with zero attached hydrogens (tertiary/aromatic N) is 4. The van der Waals surface area contributed by atoms with Crippen molar-refractivity contribution in [2.75, 3.05) is 0 Å². The highest BCUT2D eigenvalue weighted by Crippen LogP contribution is 2.32. The van der Waals surface area contributed by atoms with Gasteiger partial charge in [0, 0.05) is 11.4 Å². The summed E-state index contributed by atoms with van der Waals surface area (Å²) in [5, 5.41) is 22.3. The van der Waals surface area contributed by atoms with Crippen molar-refractivity contribution in [3.63, 3.8) is 0 Å². The van der Waals surface area contributed by atoms with Gasteiger partial charge in [0.05, 0.1) is 29.2 Å². The monoisotopic (exact) mass is 551 g/mol. The van der Waals surface area contributed by atoms with Crippen molar-refractivity contribution in [2.45, 2.75) is 45.2 Å². The summed E-state index contributed by atoms with van der Waals surface area (Å²) in [6.45, 7) is 2.30. The van der Waals surface area contributed by atoms with Gasteiger partial charge in [0.25, 0.3) is 5.91 Å². The third-order valence-corrected chi connectivity index (χ3v) is 8.19. The number of carbonyl (C=O) groups is 2. The fraction of sp³-hybridized carbons (Fsp3) is 0.281. The van der Waals surface area contributed by atoms with Crippen LogP contribution in [0.25, 0.3) is 33.1 Å². The van der Waals surface area contributed by atoms with Crippen LogP contribution in [-0.2, 0) is 11.3 Å². The molecule has 41 heavy (non-hydrogen) atoms. The Bertz CT molecular complexity index is 1740. The molecule has 0 radical (unpaired) electrons. The SMILES string of the molecule is C[C@H](NC(=O)c1cc(-c2ccc(F)cc2)cc2nnn(Cc3ccc4ccccc4n3)c12)C1CCC(C(=O)O)CC1. The number of aliphatic carboxylic acids is 1. The van der Waals surface area contributed by atoms with Crippen molar-refractivity contribution in [3.05, 3.63) is 89.9 Å². The number of fused-ring (bicyclic) bond motifs is 2. The third kappa shape index (κ3) is 5.52. The molecule has 0 aliphatic heterocycles. The summed E-state index contributed by atoms with van der Waals surface area (Å²) in [6, 6.07) is 21.5. The van der Waals surface area contributed by atoms with Crippen LogP contribution in [0, 0.1) is 17.7 Å². The molecule has 3 aromatic carbocycles. The first kappa shape index (κ1) is 26.6. The van der Waals surface area contributed by atoms with Gasteiger partial charge in [-0.05, 0) is 86.1 Å². The van der Waals surface area contributed by atoms with Gasteiger partial charge in [-0.1, -0.05) is 41.6 Å². The number of carbonyl (C=O) groups excluding carboxylic acids is 1. The Morgan fingerprint density at radius 3 is 2.49 bits per heavy atom. The molecule has 0 bridgehead atoms. The lowest BCUT2D eigenvalue weighted by Gasteiger charge is -2.31. The van der Waals surface area contributed by atoms with Crippen LogP contribution in [0.5, 0.6) is 0 Å². The number of hydrogen-bond acceptors (Lipinski definition) is 5. The molecule has 0 unspecified atom stereocenters. The normalized spacial score (nSPS) is 17.9.